The lowest BCUT2D eigenvalue weighted by molar-refractivity contribution is -0.120. The van der Waals surface area contributed by atoms with Gasteiger partial charge in [-0.15, -0.1) is 10.2 Å². The monoisotopic (exact) mass is 337 g/mol. The second kappa shape index (κ2) is 6.18. The third-order valence-electron chi connectivity index (χ3n) is 3.35. The van der Waals surface area contributed by atoms with E-state index < -0.39 is 0 Å². The Balaban J connectivity index is 1.75. The number of halogens is 1. The molecule has 1 aromatic heterocycles. The predicted octanol–water partition coefficient (Wildman–Crippen LogP) is 2.07. The number of nitrogens with one attached hydrogen (secondary N) is 1. The number of carbonyl (C=O) groups is 1. The molecule has 116 valence electrons. The van der Waals surface area contributed by atoms with Crippen LogP contribution in [-0.2, 0) is 4.79 Å². The molecule has 1 unspecified atom stereocenters. The topological polar surface area (TPSA) is 85.8 Å². The number of thioether (sulfide) groups is 1. The number of benzene rings is 1. The van der Waals surface area contributed by atoms with Gasteiger partial charge in [-0.25, -0.2) is 4.68 Å². The summed E-state index contributed by atoms with van der Waals surface area (Å²) in [6.45, 7) is 1.83. The average molecular weight is 338 g/mol. The number of nitrogen functional groups attached to an aromatic ring is 1. The second-order valence-electron chi connectivity index (χ2n) is 5.20. The fourth-order valence-electron chi connectivity index (χ4n) is 1.94. The zero-order valence-electron chi connectivity index (χ0n) is 12.0. The van der Waals surface area contributed by atoms with Crippen LogP contribution in [0.2, 0.25) is 5.02 Å². The first kappa shape index (κ1) is 15.2. The van der Waals surface area contributed by atoms with Crippen molar-refractivity contribution in [3.63, 3.8) is 0 Å². The molecule has 1 heterocycles. The average Bonchev–Trinajstić information content (AvgIpc) is 3.24. The normalized spacial score (nSPS) is 15.5. The van der Waals surface area contributed by atoms with E-state index in [-0.39, 0.29) is 11.2 Å². The van der Waals surface area contributed by atoms with E-state index in [9.17, 15) is 4.79 Å². The highest BCUT2D eigenvalue weighted by atomic mass is 35.5. The van der Waals surface area contributed by atoms with Gasteiger partial charge in [0.05, 0.1) is 10.3 Å². The standard InChI is InChI=1S/C14H16ClN5OS/c1-8(13(21)17-9-6-7-9)22-14-19-18-12(20(14)16)10-4-2-3-5-11(10)15/h2-5,8-9H,6-7,16H2,1H3,(H,17,21). The van der Waals surface area contributed by atoms with Gasteiger partial charge in [-0.05, 0) is 31.9 Å². The third kappa shape index (κ3) is 3.20. The van der Waals surface area contributed by atoms with Gasteiger partial charge >= 0.3 is 0 Å². The van der Waals surface area contributed by atoms with Crippen molar-refractivity contribution in [1.82, 2.24) is 20.2 Å². The molecule has 0 radical (unpaired) electrons. The van der Waals surface area contributed by atoms with E-state index in [0.717, 1.165) is 12.8 Å². The number of rotatable bonds is 5. The minimum atomic E-state index is -0.286. The molecule has 0 bridgehead atoms. The van der Waals surface area contributed by atoms with Crippen LogP contribution in [0.3, 0.4) is 0 Å². The van der Waals surface area contributed by atoms with Crippen molar-refractivity contribution in [2.24, 2.45) is 0 Å². The number of carbonyl (C=O) groups excluding carboxylic acids is 1. The maximum Gasteiger partial charge on any atom is 0.233 e. The molecular weight excluding hydrogens is 322 g/mol. The molecule has 1 saturated carbocycles. The summed E-state index contributed by atoms with van der Waals surface area (Å²) >= 11 is 7.43. The molecule has 3 rings (SSSR count). The zero-order chi connectivity index (χ0) is 15.7. The molecule has 3 N–H and O–H groups in total. The van der Waals surface area contributed by atoms with E-state index in [1.54, 1.807) is 6.07 Å². The van der Waals surface area contributed by atoms with Gasteiger partial charge < -0.3 is 11.2 Å². The minimum Gasteiger partial charge on any atom is -0.352 e. The molecule has 0 saturated heterocycles. The van der Waals surface area contributed by atoms with Gasteiger partial charge in [0.25, 0.3) is 0 Å². The first-order valence-electron chi connectivity index (χ1n) is 6.98. The van der Waals surface area contributed by atoms with Crippen molar-refractivity contribution in [1.29, 1.82) is 0 Å². The quantitative estimate of drug-likeness (QED) is 0.644. The molecule has 0 spiro atoms. The Hall–Kier alpha value is -1.73. The van der Waals surface area contributed by atoms with E-state index in [1.807, 2.05) is 25.1 Å². The number of nitrogens with zero attached hydrogens (tertiary/aromatic N) is 3. The minimum absolute atomic E-state index is 0.00482. The van der Waals surface area contributed by atoms with Crippen LogP contribution in [0, 0.1) is 0 Å². The fraction of sp³-hybridized carbons (Fsp3) is 0.357. The van der Waals surface area contributed by atoms with Crippen LogP contribution in [-0.4, -0.2) is 32.1 Å². The summed E-state index contributed by atoms with van der Waals surface area (Å²) < 4.78 is 1.37. The first-order chi connectivity index (χ1) is 10.6. The van der Waals surface area contributed by atoms with Crippen LogP contribution in [0.25, 0.3) is 11.4 Å². The van der Waals surface area contributed by atoms with Crippen LogP contribution < -0.4 is 11.2 Å². The zero-order valence-corrected chi connectivity index (χ0v) is 13.6. The van der Waals surface area contributed by atoms with Gasteiger partial charge in [-0.3, -0.25) is 4.79 Å². The van der Waals surface area contributed by atoms with Crippen LogP contribution in [0.1, 0.15) is 19.8 Å². The molecule has 1 aliphatic carbocycles. The summed E-state index contributed by atoms with van der Waals surface area (Å²) in [7, 11) is 0. The SMILES string of the molecule is CC(Sc1nnc(-c2ccccc2Cl)n1N)C(=O)NC1CC1. The number of nitrogens with two attached hydrogens (primary N) is 1. The molecule has 1 atom stereocenters. The van der Waals surface area contributed by atoms with Gasteiger partial charge in [0.2, 0.25) is 11.1 Å². The Morgan fingerprint density at radius 2 is 2.18 bits per heavy atom. The molecule has 1 aliphatic rings. The van der Waals surface area contributed by atoms with Gasteiger partial charge in [-0.2, -0.15) is 0 Å². The van der Waals surface area contributed by atoms with Gasteiger partial charge in [0, 0.05) is 11.6 Å². The Bertz CT molecular complexity index is 700. The molecule has 22 heavy (non-hydrogen) atoms. The lowest BCUT2D eigenvalue weighted by Crippen LogP contribution is -2.32. The van der Waals surface area contributed by atoms with E-state index in [2.05, 4.69) is 15.5 Å². The summed E-state index contributed by atoms with van der Waals surface area (Å²) in [4.78, 5) is 12.0. The number of hydrogen-bond acceptors (Lipinski definition) is 5. The van der Waals surface area contributed by atoms with Crippen LogP contribution in [0.4, 0.5) is 0 Å². The summed E-state index contributed by atoms with van der Waals surface area (Å²) in [6.07, 6.45) is 2.12. The smallest absolute Gasteiger partial charge is 0.233 e. The molecule has 1 fully saturated rings. The molecule has 1 amide bonds. The van der Waals surface area contributed by atoms with Crippen LogP contribution in [0.15, 0.2) is 29.4 Å². The molecule has 6 nitrogen and oxygen atoms in total. The van der Waals surface area contributed by atoms with Crippen molar-refractivity contribution >= 4 is 29.3 Å². The van der Waals surface area contributed by atoms with Gasteiger partial charge in [0.1, 0.15) is 0 Å². The summed E-state index contributed by atoms with van der Waals surface area (Å²) in [5.74, 6) is 6.52. The maximum absolute atomic E-state index is 12.0. The number of hydrogen-bond donors (Lipinski definition) is 2. The second-order valence-corrected chi connectivity index (χ2v) is 6.91. The summed E-state index contributed by atoms with van der Waals surface area (Å²) in [5.41, 5.74) is 0.709. The predicted molar refractivity (Wildman–Crippen MR) is 87.1 cm³/mol. The Morgan fingerprint density at radius 1 is 1.45 bits per heavy atom. The van der Waals surface area contributed by atoms with Crippen LogP contribution >= 0.6 is 23.4 Å². The van der Waals surface area contributed by atoms with Crippen molar-refractivity contribution < 1.29 is 4.79 Å². The number of aromatic nitrogens is 3. The number of amides is 1. The maximum atomic E-state index is 12.0. The van der Waals surface area contributed by atoms with Crippen LogP contribution in [0.5, 0.6) is 0 Å². The fourth-order valence-corrected chi connectivity index (χ4v) is 2.94. The first-order valence-corrected chi connectivity index (χ1v) is 8.24. The Labute approximate surface area is 137 Å². The van der Waals surface area contributed by atoms with Crippen molar-refractivity contribution in [3.05, 3.63) is 29.3 Å². The van der Waals surface area contributed by atoms with Crippen molar-refractivity contribution in [2.75, 3.05) is 5.84 Å². The van der Waals surface area contributed by atoms with E-state index >= 15 is 0 Å². The highest BCUT2D eigenvalue weighted by molar-refractivity contribution is 8.00. The largest absolute Gasteiger partial charge is 0.352 e. The molecule has 1 aromatic carbocycles. The summed E-state index contributed by atoms with van der Waals surface area (Å²) in [6, 6.07) is 7.62. The highest BCUT2D eigenvalue weighted by Crippen LogP contribution is 2.29. The summed E-state index contributed by atoms with van der Waals surface area (Å²) in [5, 5.41) is 11.9. The molecular formula is C14H16ClN5OS. The van der Waals surface area contributed by atoms with Gasteiger partial charge in [0.15, 0.2) is 5.82 Å². The third-order valence-corrected chi connectivity index (χ3v) is 4.74. The molecule has 2 aromatic rings. The lowest BCUT2D eigenvalue weighted by atomic mass is 10.2. The Morgan fingerprint density at radius 3 is 2.86 bits per heavy atom. The Kier molecular flexibility index (Phi) is 4.26. The highest BCUT2D eigenvalue weighted by Gasteiger charge is 2.27. The van der Waals surface area contributed by atoms with E-state index in [4.69, 9.17) is 17.4 Å². The molecule has 8 heteroatoms. The van der Waals surface area contributed by atoms with E-state index in [0.29, 0.717) is 27.6 Å². The van der Waals surface area contributed by atoms with Crippen molar-refractivity contribution in [2.45, 2.75) is 36.2 Å². The van der Waals surface area contributed by atoms with E-state index in [1.165, 1.54) is 16.4 Å². The van der Waals surface area contributed by atoms with Gasteiger partial charge in [-0.1, -0.05) is 35.5 Å². The van der Waals surface area contributed by atoms with Crippen molar-refractivity contribution in [3.8, 4) is 11.4 Å². The molecule has 0 aliphatic heterocycles. The lowest BCUT2D eigenvalue weighted by Gasteiger charge is -2.11.